The van der Waals surface area contributed by atoms with Crippen molar-refractivity contribution in [2.75, 3.05) is 4.90 Å². The van der Waals surface area contributed by atoms with Crippen LogP contribution in [0.3, 0.4) is 0 Å². The topological polar surface area (TPSA) is 21.3 Å². The van der Waals surface area contributed by atoms with Gasteiger partial charge in [0.2, 0.25) is 0 Å². The van der Waals surface area contributed by atoms with Gasteiger partial charge in [0.1, 0.15) is 11.2 Å². The molecule has 0 atom stereocenters. The number of benzene rings is 8. The summed E-state index contributed by atoms with van der Waals surface area (Å²) in [5.41, 5.74) is 20.7. The van der Waals surface area contributed by atoms with Crippen LogP contribution in [0.15, 0.2) is 210 Å². The quantitative estimate of drug-likeness (QED) is 0.167. The molecule has 8 aromatic carbocycles. The highest BCUT2D eigenvalue weighted by Crippen LogP contribution is 2.53. The smallest absolute Gasteiger partial charge is 0.135 e. The van der Waals surface area contributed by atoms with Gasteiger partial charge in [-0.1, -0.05) is 143 Å². The van der Waals surface area contributed by atoms with Crippen LogP contribution in [0.2, 0.25) is 0 Å². The summed E-state index contributed by atoms with van der Waals surface area (Å²) >= 11 is 0. The lowest BCUT2D eigenvalue weighted by Crippen LogP contribution is -2.20. The Hall–Kier alpha value is -7.62. The number of aromatic nitrogens is 1. The predicted molar refractivity (Wildman–Crippen MR) is 270 cm³/mol. The summed E-state index contributed by atoms with van der Waals surface area (Å²) in [4.78, 5) is 2.34. The molecule has 0 radical (unpaired) electrons. The fourth-order valence-electron chi connectivity index (χ4n) is 11.1. The zero-order chi connectivity index (χ0) is 43.5. The van der Waals surface area contributed by atoms with Crippen LogP contribution in [-0.4, -0.2) is 4.57 Å². The molecule has 0 spiro atoms. The molecule has 2 aromatic heterocycles. The molecule has 2 aliphatic carbocycles. The Morgan fingerprint density at radius 3 is 1.98 bits per heavy atom. The highest BCUT2D eigenvalue weighted by molar-refractivity contribution is 6.11. The van der Waals surface area contributed by atoms with Crippen molar-refractivity contribution in [2.45, 2.75) is 45.4 Å². The predicted octanol–water partition coefficient (Wildman–Crippen LogP) is 16.6. The van der Waals surface area contributed by atoms with Crippen molar-refractivity contribution in [3.8, 4) is 27.9 Å². The average molecular weight is 825 g/mol. The van der Waals surface area contributed by atoms with Gasteiger partial charge in [0, 0.05) is 55.1 Å². The van der Waals surface area contributed by atoms with Gasteiger partial charge in [-0.15, -0.1) is 0 Å². The van der Waals surface area contributed by atoms with Gasteiger partial charge in [-0.25, -0.2) is 0 Å². The molecule has 10 aromatic rings. The number of anilines is 2. The first-order valence-electron chi connectivity index (χ1n) is 22.4. The summed E-state index contributed by atoms with van der Waals surface area (Å²) in [6.45, 7) is 16.5. The van der Waals surface area contributed by atoms with Crippen molar-refractivity contribution < 1.29 is 4.42 Å². The van der Waals surface area contributed by atoms with Crippen molar-refractivity contribution in [1.82, 2.24) is 4.57 Å². The zero-order valence-corrected chi connectivity index (χ0v) is 36.9. The van der Waals surface area contributed by atoms with Crippen molar-refractivity contribution in [1.29, 1.82) is 0 Å². The van der Waals surface area contributed by atoms with E-state index >= 15 is 0 Å². The molecule has 0 saturated heterocycles. The van der Waals surface area contributed by atoms with E-state index in [4.69, 9.17) is 11.0 Å². The number of fused-ring (bicyclic) bond motifs is 10. The first kappa shape index (κ1) is 38.1. The first-order chi connectivity index (χ1) is 31.1. The number of furan rings is 1. The van der Waals surface area contributed by atoms with E-state index in [0.29, 0.717) is 0 Å². The fraction of sp³-hybridized carbons (Fsp3) is 0.115. The van der Waals surface area contributed by atoms with Gasteiger partial charge in [0.25, 0.3) is 0 Å². The minimum absolute atomic E-state index is 0.146. The standard InChI is InChI=1S/C61H48N2O/c1-7-44-46-29-25-40(39-26-31-57-50(34-39)48-20-12-15-23-56(48)63(57)41-17-9-8-10-18-41)35-54(46)61(5,6)53(44)33-38(2)62(42-28-32-59-51(36-42)49-21-13-16-24-58(49)64-59)43-27-30-47-45-19-11-14-22-52(45)60(3,4)55(47)37-43/h7-37H,2H2,1,3-6H3/b44-7-,53-33?. The van der Waals surface area contributed by atoms with Crippen LogP contribution >= 0.6 is 0 Å². The van der Waals surface area contributed by atoms with Gasteiger partial charge in [-0.3, -0.25) is 0 Å². The van der Waals surface area contributed by atoms with E-state index in [2.05, 4.69) is 220 Å². The number of para-hydroxylation sites is 3. The normalized spacial score (nSPS) is 16.0. The Morgan fingerprint density at radius 1 is 0.516 bits per heavy atom. The highest BCUT2D eigenvalue weighted by Gasteiger charge is 2.39. The summed E-state index contributed by atoms with van der Waals surface area (Å²) < 4.78 is 8.69. The van der Waals surface area contributed by atoms with E-state index in [1.807, 2.05) is 12.1 Å². The molecule has 0 N–H and O–H groups in total. The zero-order valence-electron chi connectivity index (χ0n) is 36.9. The van der Waals surface area contributed by atoms with Crippen LogP contribution in [0.1, 0.15) is 56.9 Å². The summed E-state index contributed by atoms with van der Waals surface area (Å²) in [7, 11) is 0. The third-order valence-electron chi connectivity index (χ3n) is 14.3. The third-order valence-corrected chi connectivity index (χ3v) is 14.3. The number of rotatable bonds is 6. The number of nitrogens with zero attached hydrogens (tertiary/aromatic N) is 2. The molecule has 12 rings (SSSR count). The monoisotopic (exact) mass is 824 g/mol. The van der Waals surface area contributed by atoms with Crippen molar-refractivity contribution in [3.63, 3.8) is 0 Å². The van der Waals surface area contributed by atoms with Crippen molar-refractivity contribution in [3.05, 3.63) is 228 Å². The first-order valence-corrected chi connectivity index (χ1v) is 22.4. The molecule has 3 heteroatoms. The maximum absolute atomic E-state index is 6.32. The van der Waals surface area contributed by atoms with E-state index in [0.717, 1.165) is 39.0 Å². The van der Waals surface area contributed by atoms with Gasteiger partial charge in [-0.05, 0) is 141 Å². The molecule has 0 amide bonds. The molecule has 308 valence electrons. The van der Waals surface area contributed by atoms with Crippen LogP contribution in [0.25, 0.3) is 77.3 Å². The molecular weight excluding hydrogens is 777 g/mol. The van der Waals surface area contributed by atoms with E-state index in [-0.39, 0.29) is 10.8 Å². The molecule has 0 unspecified atom stereocenters. The molecule has 0 aliphatic heterocycles. The molecule has 0 bridgehead atoms. The lowest BCUT2D eigenvalue weighted by atomic mass is 9.81. The van der Waals surface area contributed by atoms with Crippen LogP contribution < -0.4 is 4.90 Å². The Bertz CT molecular complexity index is 3640. The second-order valence-corrected chi connectivity index (χ2v) is 18.6. The highest BCUT2D eigenvalue weighted by atomic mass is 16.3. The van der Waals surface area contributed by atoms with E-state index in [1.54, 1.807) is 0 Å². The molecule has 0 fully saturated rings. The Labute approximate surface area is 374 Å². The van der Waals surface area contributed by atoms with Crippen LogP contribution in [0.4, 0.5) is 11.4 Å². The fourth-order valence-corrected chi connectivity index (χ4v) is 11.1. The summed E-state index contributed by atoms with van der Waals surface area (Å²) in [5.74, 6) is 0. The van der Waals surface area contributed by atoms with Crippen LogP contribution in [0.5, 0.6) is 0 Å². The molecule has 2 aliphatic rings. The minimum Gasteiger partial charge on any atom is -0.456 e. The van der Waals surface area contributed by atoms with Gasteiger partial charge in [0.15, 0.2) is 0 Å². The molecule has 64 heavy (non-hydrogen) atoms. The Balaban J connectivity index is 0.972. The van der Waals surface area contributed by atoms with Crippen molar-refractivity contribution in [2.24, 2.45) is 0 Å². The van der Waals surface area contributed by atoms with Gasteiger partial charge in [0.05, 0.1) is 11.0 Å². The third kappa shape index (κ3) is 5.53. The largest absolute Gasteiger partial charge is 0.456 e. The summed E-state index contributed by atoms with van der Waals surface area (Å²) in [6, 6.07) is 64.1. The van der Waals surface area contributed by atoms with Crippen LogP contribution in [0, 0.1) is 0 Å². The molecular formula is C61H48N2O. The maximum Gasteiger partial charge on any atom is 0.135 e. The van der Waals surface area contributed by atoms with Gasteiger partial charge < -0.3 is 13.9 Å². The van der Waals surface area contributed by atoms with E-state index in [9.17, 15) is 0 Å². The number of hydrogen-bond acceptors (Lipinski definition) is 2. The number of allylic oxidation sites excluding steroid dienone is 4. The molecule has 0 saturated carbocycles. The lowest BCUT2D eigenvalue weighted by Gasteiger charge is -2.30. The van der Waals surface area contributed by atoms with Crippen LogP contribution in [-0.2, 0) is 10.8 Å². The Morgan fingerprint density at radius 2 is 1.14 bits per heavy atom. The SMILES string of the molecule is C=C(C=C1/C(=C\C)c2ccc(-c3ccc4c(c3)c3ccccc3n4-c3ccccc3)cc2C1(C)C)N(c1ccc2c(c1)C(C)(C)c1ccccc1-2)c1ccc2oc3ccccc3c2c1. The van der Waals surface area contributed by atoms with Gasteiger partial charge >= 0.3 is 0 Å². The second-order valence-electron chi connectivity index (χ2n) is 18.6. The van der Waals surface area contributed by atoms with E-state index < -0.39 is 0 Å². The van der Waals surface area contributed by atoms with Gasteiger partial charge in [-0.2, -0.15) is 0 Å². The summed E-state index contributed by atoms with van der Waals surface area (Å²) in [5, 5.41) is 4.70. The maximum atomic E-state index is 6.32. The molecule has 3 nitrogen and oxygen atoms in total. The summed E-state index contributed by atoms with van der Waals surface area (Å²) in [6.07, 6.45) is 4.62. The molecule has 2 heterocycles. The minimum atomic E-state index is -0.304. The second kappa shape index (κ2) is 13.9. The Kier molecular flexibility index (Phi) is 8.30. The van der Waals surface area contributed by atoms with Crippen molar-refractivity contribution >= 4 is 60.7 Å². The number of hydrogen-bond donors (Lipinski definition) is 0. The lowest BCUT2D eigenvalue weighted by molar-refractivity contribution is 0.659. The van der Waals surface area contributed by atoms with E-state index in [1.165, 1.54) is 83.1 Å². The average Bonchev–Trinajstić information content (AvgIpc) is 3.99.